The van der Waals surface area contributed by atoms with Crippen molar-refractivity contribution in [2.24, 2.45) is 5.92 Å². The van der Waals surface area contributed by atoms with E-state index in [0.29, 0.717) is 17.4 Å². The van der Waals surface area contributed by atoms with Gasteiger partial charge in [-0.25, -0.2) is 14.4 Å². The van der Waals surface area contributed by atoms with E-state index in [2.05, 4.69) is 29.1 Å². The van der Waals surface area contributed by atoms with Crippen molar-refractivity contribution in [3.63, 3.8) is 0 Å². The van der Waals surface area contributed by atoms with Crippen LogP contribution in [0.1, 0.15) is 38.7 Å². The van der Waals surface area contributed by atoms with Gasteiger partial charge in [0.05, 0.1) is 30.6 Å². The number of fused-ring (bicyclic) bond motifs is 3. The maximum atomic E-state index is 12.8. The Balaban J connectivity index is 0.000000188. The third-order valence-electron chi connectivity index (χ3n) is 6.40. The van der Waals surface area contributed by atoms with E-state index in [1.54, 1.807) is 4.90 Å². The van der Waals surface area contributed by atoms with Gasteiger partial charge < -0.3 is 15.5 Å². The van der Waals surface area contributed by atoms with Crippen LogP contribution in [0.4, 0.5) is 28.9 Å². The molecule has 12 heteroatoms. The molecular weight excluding hydrogens is 527 g/mol. The molecule has 0 amide bonds. The minimum atomic E-state index is -4.53. The molecule has 2 saturated heterocycles. The van der Waals surface area contributed by atoms with Gasteiger partial charge in [-0.2, -0.15) is 24.5 Å². The first-order valence-corrected chi connectivity index (χ1v) is 10.5. The normalized spacial score (nSPS) is 24.5. The smallest absolute Gasteiger partial charge is 0.417 e. The van der Waals surface area contributed by atoms with E-state index in [4.69, 9.17) is 16.1 Å². The molecule has 3 fully saturated rings. The number of alkyl halides is 3. The SMILES string of the molecule is CC1CC2CC(C(C)N(C=N)C=N)(C1)[N-]2.Fc1cnc(-c2cc3c(cc2C(F)(F)F)[N-]3)nc1.[Y]. The number of nitrogens with zero attached hydrogens (tertiary/aromatic N) is 5. The summed E-state index contributed by atoms with van der Waals surface area (Å²) in [4.78, 5) is 8.77. The summed E-state index contributed by atoms with van der Waals surface area (Å²) in [5.41, 5.74) is -0.243. The molecule has 4 atom stereocenters. The van der Waals surface area contributed by atoms with Crippen molar-refractivity contribution in [2.75, 3.05) is 0 Å². The van der Waals surface area contributed by atoms with Crippen LogP contribution in [-0.4, -0.2) is 45.2 Å². The second-order valence-corrected chi connectivity index (χ2v) is 8.74. The van der Waals surface area contributed by atoms with Crippen LogP contribution < -0.4 is 0 Å². The number of nitrogens with one attached hydrogen (secondary N) is 2. The third kappa shape index (κ3) is 5.31. The molecule has 7 nitrogen and oxygen atoms in total. The van der Waals surface area contributed by atoms with Gasteiger partial charge in [-0.1, -0.05) is 38.3 Å². The summed E-state index contributed by atoms with van der Waals surface area (Å²) in [5, 5.41) is 23.1. The summed E-state index contributed by atoms with van der Waals surface area (Å²) < 4.78 is 51.2. The Morgan fingerprint density at radius 1 is 1.15 bits per heavy atom. The molecule has 4 aliphatic rings. The van der Waals surface area contributed by atoms with Gasteiger partial charge >= 0.3 is 6.18 Å². The molecule has 34 heavy (non-hydrogen) atoms. The number of hydrogen-bond donors (Lipinski definition) is 2. The summed E-state index contributed by atoms with van der Waals surface area (Å²) in [5.74, 6) is -0.139. The molecule has 0 spiro atoms. The molecule has 1 aromatic heterocycles. The predicted octanol–water partition coefficient (Wildman–Crippen LogP) is 6.16. The Bertz CT molecular complexity index is 1050. The van der Waals surface area contributed by atoms with E-state index in [-0.39, 0.29) is 55.7 Å². The van der Waals surface area contributed by atoms with Crippen molar-refractivity contribution < 1.29 is 50.3 Å². The molecule has 4 unspecified atom stereocenters. The fraction of sp³-hybridized carbons (Fsp3) is 0.455. The molecule has 2 aromatic rings. The second-order valence-electron chi connectivity index (χ2n) is 8.74. The number of halogens is 4. The first kappa shape index (κ1) is 26.6. The number of benzene rings is 1. The predicted molar refractivity (Wildman–Crippen MR) is 117 cm³/mol. The van der Waals surface area contributed by atoms with E-state index in [1.807, 2.05) is 0 Å². The first-order valence-electron chi connectivity index (χ1n) is 10.5. The number of piperidine rings is 1. The zero-order valence-corrected chi connectivity index (χ0v) is 21.5. The minimum absolute atomic E-state index is 0. The summed E-state index contributed by atoms with van der Waals surface area (Å²) in [6.07, 6.45) is 3.07. The standard InChI is InChI=1S/C11H4F4N3.C11H19N4.Y/c12-5-3-16-10(17-4-5)6-1-8-9(18-8)2-7(6)11(13,14)15;1-8-3-10-5-11(4-8,14-10)9(2)15(6-12)7-13;/h1-4H;6-10,12-13H,3-5H2,1-2H3;/q2*-1;. The molecule has 6 rings (SSSR count). The van der Waals surface area contributed by atoms with Crippen LogP contribution in [0.25, 0.3) is 22.0 Å². The van der Waals surface area contributed by atoms with Gasteiger partial charge in [0.2, 0.25) is 0 Å². The molecular formula is C22H23F4N7Y-2. The Kier molecular flexibility index (Phi) is 7.79. The zero-order valence-electron chi connectivity index (χ0n) is 18.6. The molecule has 3 aliphatic heterocycles. The summed E-state index contributed by atoms with van der Waals surface area (Å²) >= 11 is 0. The quantitative estimate of drug-likeness (QED) is 0.172. The number of aromatic nitrogens is 2. The van der Waals surface area contributed by atoms with Crippen LogP contribution in [-0.2, 0) is 38.9 Å². The van der Waals surface area contributed by atoms with E-state index < -0.39 is 17.6 Å². The molecule has 1 radical (unpaired) electrons. The number of rotatable bonds is 5. The van der Waals surface area contributed by atoms with Gasteiger partial charge in [-0.05, 0) is 12.8 Å². The van der Waals surface area contributed by atoms with Crippen LogP contribution in [0.15, 0.2) is 24.5 Å². The Hall–Kier alpha value is -1.98. The van der Waals surface area contributed by atoms with Gasteiger partial charge in [-0.15, -0.1) is 11.6 Å². The fourth-order valence-electron chi connectivity index (χ4n) is 4.78. The van der Waals surface area contributed by atoms with E-state index in [0.717, 1.165) is 37.2 Å². The van der Waals surface area contributed by atoms with Crippen LogP contribution in [0, 0.1) is 22.6 Å². The van der Waals surface area contributed by atoms with Gasteiger partial charge in [0, 0.05) is 44.3 Å². The van der Waals surface area contributed by atoms with Crippen molar-refractivity contribution in [1.82, 2.24) is 14.9 Å². The van der Waals surface area contributed by atoms with Crippen molar-refractivity contribution in [2.45, 2.75) is 56.9 Å². The van der Waals surface area contributed by atoms with Crippen molar-refractivity contribution in [3.05, 3.63) is 46.5 Å². The van der Waals surface area contributed by atoms with E-state index in [1.165, 1.54) is 25.2 Å². The van der Waals surface area contributed by atoms with Gasteiger partial charge in [0.15, 0.2) is 11.6 Å². The van der Waals surface area contributed by atoms with Crippen LogP contribution in [0.5, 0.6) is 0 Å². The van der Waals surface area contributed by atoms with Gasteiger partial charge in [-0.3, -0.25) is 10.8 Å². The summed E-state index contributed by atoms with van der Waals surface area (Å²) in [6.45, 7) is 4.36. The van der Waals surface area contributed by atoms with Crippen LogP contribution in [0.3, 0.4) is 0 Å². The van der Waals surface area contributed by atoms with Gasteiger partial charge in [0.1, 0.15) is 0 Å². The average molecular weight is 550 g/mol. The Morgan fingerprint density at radius 2 is 1.74 bits per heavy atom. The zero-order chi connectivity index (χ0) is 24.0. The topological polar surface area (TPSA) is 105 Å². The second kappa shape index (κ2) is 9.95. The van der Waals surface area contributed by atoms with Crippen LogP contribution in [0.2, 0.25) is 0 Å². The summed E-state index contributed by atoms with van der Waals surface area (Å²) in [6, 6.07) is 2.91. The van der Waals surface area contributed by atoms with Gasteiger partial charge in [0.25, 0.3) is 0 Å². The molecule has 1 aliphatic carbocycles. The van der Waals surface area contributed by atoms with Crippen molar-refractivity contribution in [1.29, 1.82) is 10.8 Å². The molecule has 2 bridgehead atoms. The average Bonchev–Trinajstić information content (AvgIpc) is 3.52. The molecule has 4 heterocycles. The van der Waals surface area contributed by atoms with Crippen molar-refractivity contribution >= 4 is 24.1 Å². The summed E-state index contributed by atoms with van der Waals surface area (Å²) in [7, 11) is 0. The Morgan fingerprint density at radius 3 is 2.26 bits per heavy atom. The third-order valence-corrected chi connectivity index (χ3v) is 6.40. The monoisotopic (exact) mass is 550 g/mol. The van der Waals surface area contributed by atoms with E-state index in [9.17, 15) is 17.6 Å². The molecule has 2 N–H and O–H groups in total. The molecule has 1 aromatic carbocycles. The minimum Gasteiger partial charge on any atom is -0.660 e. The van der Waals surface area contributed by atoms with E-state index >= 15 is 0 Å². The largest absolute Gasteiger partial charge is 0.660 e. The maximum Gasteiger partial charge on any atom is 0.417 e. The molecule has 179 valence electrons. The maximum absolute atomic E-state index is 12.8. The molecule has 1 saturated carbocycles. The van der Waals surface area contributed by atoms with Crippen LogP contribution >= 0.6 is 0 Å². The number of hydrogen-bond acceptors (Lipinski definition) is 4. The first-order chi connectivity index (χ1) is 15.6. The fourth-order valence-corrected chi connectivity index (χ4v) is 4.78. The van der Waals surface area contributed by atoms with Crippen molar-refractivity contribution in [3.8, 4) is 11.4 Å². The Labute approximate surface area is 220 Å².